The van der Waals surface area contributed by atoms with E-state index in [2.05, 4.69) is 9.98 Å². The number of benzene rings is 1. The van der Waals surface area contributed by atoms with E-state index >= 15 is 0 Å². The Morgan fingerprint density at radius 2 is 2.09 bits per heavy atom. The minimum Gasteiger partial charge on any atom is -0.292 e. The number of hydrogen-bond acceptors (Lipinski definition) is 3. The molecule has 0 saturated carbocycles. The van der Waals surface area contributed by atoms with Crippen LogP contribution in [-0.4, -0.2) is 15.8 Å². The molecular formula is C16H12F3N3S. The molecule has 0 radical (unpaired) electrons. The van der Waals surface area contributed by atoms with E-state index in [0.717, 1.165) is 23.0 Å². The summed E-state index contributed by atoms with van der Waals surface area (Å²) in [6.45, 7) is 0.187. The summed E-state index contributed by atoms with van der Waals surface area (Å²) in [5, 5.41) is 2.69. The Balaban J connectivity index is 1.75. The number of rotatable bonds is 4. The van der Waals surface area contributed by atoms with Crippen LogP contribution >= 0.6 is 11.3 Å². The van der Waals surface area contributed by atoms with E-state index in [1.165, 1.54) is 17.4 Å². The lowest BCUT2D eigenvalue weighted by molar-refractivity contribution is -0.137. The SMILES string of the molecule is FC(F)(F)c1cccc(CN=Cc2cccn2-c2nccs2)c1. The minimum atomic E-state index is -4.33. The lowest BCUT2D eigenvalue weighted by Gasteiger charge is -2.07. The average molecular weight is 335 g/mol. The Kier molecular flexibility index (Phi) is 4.29. The molecule has 2 heterocycles. The normalized spacial score (nSPS) is 12.1. The number of nitrogens with zero attached hydrogens (tertiary/aromatic N) is 3. The summed E-state index contributed by atoms with van der Waals surface area (Å²) in [4.78, 5) is 8.46. The van der Waals surface area contributed by atoms with Crippen LogP contribution < -0.4 is 0 Å². The van der Waals surface area contributed by atoms with Crippen LogP contribution in [0.25, 0.3) is 5.13 Å². The first-order chi connectivity index (χ1) is 11.0. The predicted molar refractivity (Wildman–Crippen MR) is 84.2 cm³/mol. The minimum absolute atomic E-state index is 0.187. The lowest BCUT2D eigenvalue weighted by Crippen LogP contribution is -2.05. The van der Waals surface area contributed by atoms with Crippen LogP contribution in [0, 0.1) is 0 Å². The van der Waals surface area contributed by atoms with Crippen molar-refractivity contribution in [1.82, 2.24) is 9.55 Å². The number of halogens is 3. The molecule has 3 aromatic rings. The zero-order valence-electron chi connectivity index (χ0n) is 11.9. The summed E-state index contributed by atoms with van der Waals surface area (Å²) in [6, 6.07) is 8.94. The van der Waals surface area contributed by atoms with Crippen molar-refractivity contribution in [1.29, 1.82) is 0 Å². The Labute approximate surface area is 134 Å². The maximum atomic E-state index is 12.7. The Bertz CT molecular complexity index is 804. The number of aliphatic imine (C=N–C) groups is 1. The summed E-state index contributed by atoms with van der Waals surface area (Å²) in [5.41, 5.74) is 0.687. The largest absolute Gasteiger partial charge is 0.416 e. The molecule has 0 N–H and O–H groups in total. The molecule has 0 saturated heterocycles. The van der Waals surface area contributed by atoms with Gasteiger partial charge in [-0.2, -0.15) is 13.2 Å². The van der Waals surface area contributed by atoms with E-state index in [1.807, 2.05) is 28.3 Å². The van der Waals surface area contributed by atoms with Crippen LogP contribution in [0.3, 0.4) is 0 Å². The van der Waals surface area contributed by atoms with E-state index in [9.17, 15) is 13.2 Å². The third-order valence-corrected chi connectivity index (χ3v) is 3.93. The molecule has 0 spiro atoms. The molecule has 2 aromatic heterocycles. The fourth-order valence-corrected chi connectivity index (χ4v) is 2.74. The molecule has 23 heavy (non-hydrogen) atoms. The van der Waals surface area contributed by atoms with E-state index in [4.69, 9.17) is 0 Å². The highest BCUT2D eigenvalue weighted by Crippen LogP contribution is 2.29. The summed E-state index contributed by atoms with van der Waals surface area (Å²) in [6.07, 6.45) is 0.884. The van der Waals surface area contributed by atoms with Crippen molar-refractivity contribution in [3.05, 3.63) is 71.0 Å². The highest BCUT2D eigenvalue weighted by atomic mass is 32.1. The summed E-state index contributed by atoms with van der Waals surface area (Å²) < 4.78 is 39.9. The molecule has 0 aliphatic rings. The smallest absolute Gasteiger partial charge is 0.292 e. The van der Waals surface area contributed by atoms with Gasteiger partial charge in [-0.3, -0.25) is 9.56 Å². The van der Waals surface area contributed by atoms with Crippen LogP contribution in [-0.2, 0) is 12.7 Å². The Hall–Kier alpha value is -2.41. The number of hydrogen-bond donors (Lipinski definition) is 0. The van der Waals surface area contributed by atoms with E-state index < -0.39 is 11.7 Å². The van der Waals surface area contributed by atoms with Crippen LogP contribution in [0.2, 0.25) is 0 Å². The van der Waals surface area contributed by atoms with E-state index in [-0.39, 0.29) is 6.54 Å². The van der Waals surface area contributed by atoms with Gasteiger partial charge in [0.15, 0.2) is 5.13 Å². The van der Waals surface area contributed by atoms with Crippen molar-refractivity contribution >= 4 is 17.6 Å². The molecule has 0 fully saturated rings. The number of thiazole rings is 1. The molecule has 0 bridgehead atoms. The van der Waals surface area contributed by atoms with Crippen LogP contribution in [0.1, 0.15) is 16.8 Å². The van der Waals surface area contributed by atoms with Crippen LogP contribution in [0.15, 0.2) is 59.2 Å². The molecule has 0 atom stereocenters. The summed E-state index contributed by atoms with van der Waals surface area (Å²) in [5.74, 6) is 0. The maximum Gasteiger partial charge on any atom is 0.416 e. The highest BCUT2D eigenvalue weighted by molar-refractivity contribution is 7.12. The van der Waals surface area contributed by atoms with Gasteiger partial charge >= 0.3 is 6.18 Å². The van der Waals surface area contributed by atoms with Crippen LogP contribution in [0.4, 0.5) is 13.2 Å². The standard InChI is InChI=1S/C16H12F3N3S/c17-16(18,19)13-4-1-3-12(9-13)10-20-11-14-5-2-7-22(14)15-21-6-8-23-15/h1-9,11H,10H2. The average Bonchev–Trinajstić information content (AvgIpc) is 3.17. The first-order valence-electron chi connectivity index (χ1n) is 6.77. The van der Waals surface area contributed by atoms with Gasteiger partial charge in [0, 0.05) is 24.0 Å². The van der Waals surface area contributed by atoms with Crippen molar-refractivity contribution in [2.24, 2.45) is 4.99 Å². The number of aromatic nitrogens is 2. The van der Waals surface area contributed by atoms with Crippen molar-refractivity contribution in [3.8, 4) is 5.13 Å². The van der Waals surface area contributed by atoms with Crippen molar-refractivity contribution in [2.45, 2.75) is 12.7 Å². The van der Waals surface area contributed by atoms with Crippen molar-refractivity contribution in [3.63, 3.8) is 0 Å². The fourth-order valence-electron chi connectivity index (χ4n) is 2.10. The zero-order valence-corrected chi connectivity index (χ0v) is 12.7. The number of alkyl halides is 3. The summed E-state index contributed by atoms with van der Waals surface area (Å²) >= 11 is 1.49. The van der Waals surface area contributed by atoms with Crippen molar-refractivity contribution < 1.29 is 13.2 Å². The highest BCUT2D eigenvalue weighted by Gasteiger charge is 2.30. The van der Waals surface area contributed by atoms with Gasteiger partial charge in [-0.05, 0) is 29.8 Å². The van der Waals surface area contributed by atoms with Gasteiger partial charge in [-0.15, -0.1) is 11.3 Å². The molecule has 118 valence electrons. The lowest BCUT2D eigenvalue weighted by atomic mass is 10.1. The molecular weight excluding hydrogens is 323 g/mol. The zero-order chi connectivity index (χ0) is 16.3. The third-order valence-electron chi connectivity index (χ3n) is 3.16. The van der Waals surface area contributed by atoms with Gasteiger partial charge in [-0.1, -0.05) is 12.1 Å². The molecule has 0 amide bonds. The second kappa shape index (κ2) is 6.37. The first-order valence-corrected chi connectivity index (χ1v) is 7.65. The van der Waals surface area contributed by atoms with E-state index in [0.29, 0.717) is 5.56 Å². The first kappa shape index (κ1) is 15.5. The van der Waals surface area contributed by atoms with Gasteiger partial charge in [0.2, 0.25) is 0 Å². The summed E-state index contributed by atoms with van der Waals surface area (Å²) in [7, 11) is 0. The topological polar surface area (TPSA) is 30.2 Å². The van der Waals surface area contributed by atoms with Gasteiger partial charge in [0.1, 0.15) is 0 Å². The van der Waals surface area contributed by atoms with E-state index in [1.54, 1.807) is 18.5 Å². The predicted octanol–water partition coefficient (Wildman–Crippen LogP) is 4.57. The molecule has 7 heteroatoms. The molecule has 3 nitrogen and oxygen atoms in total. The third kappa shape index (κ3) is 3.68. The van der Waals surface area contributed by atoms with Gasteiger partial charge in [-0.25, -0.2) is 4.98 Å². The van der Waals surface area contributed by atoms with Gasteiger partial charge in [0.25, 0.3) is 0 Å². The second-order valence-electron chi connectivity index (χ2n) is 4.79. The second-order valence-corrected chi connectivity index (χ2v) is 5.66. The van der Waals surface area contributed by atoms with Gasteiger partial charge in [0.05, 0.1) is 17.8 Å². The Morgan fingerprint density at radius 3 is 2.83 bits per heavy atom. The Morgan fingerprint density at radius 1 is 1.22 bits per heavy atom. The molecule has 3 rings (SSSR count). The molecule has 0 aliphatic heterocycles. The molecule has 0 aliphatic carbocycles. The fraction of sp³-hybridized carbons (Fsp3) is 0.125. The van der Waals surface area contributed by atoms with Crippen molar-refractivity contribution in [2.75, 3.05) is 0 Å². The molecule has 0 unspecified atom stereocenters. The maximum absolute atomic E-state index is 12.7. The van der Waals surface area contributed by atoms with Gasteiger partial charge < -0.3 is 0 Å². The molecule has 1 aromatic carbocycles. The van der Waals surface area contributed by atoms with Crippen LogP contribution in [0.5, 0.6) is 0 Å². The quantitative estimate of drug-likeness (QED) is 0.642. The monoisotopic (exact) mass is 335 g/mol.